The average molecular weight is 180 g/mol. The molecule has 1 aromatic carbocycles. The maximum atomic E-state index is 9.26. The van der Waals surface area contributed by atoms with Gasteiger partial charge >= 0.3 is 0 Å². The lowest BCUT2D eigenvalue weighted by Crippen LogP contribution is -2.05. The Kier molecular flexibility index (Phi) is 3.32. The van der Waals surface area contributed by atoms with Crippen molar-refractivity contribution in [1.82, 2.24) is 0 Å². The zero-order valence-electron chi connectivity index (χ0n) is 8.32. The number of aliphatic hydroxyl groups is 1. The molecule has 0 saturated heterocycles. The van der Waals surface area contributed by atoms with Gasteiger partial charge in [0.15, 0.2) is 0 Å². The maximum absolute atomic E-state index is 9.26. The van der Waals surface area contributed by atoms with Crippen molar-refractivity contribution in [3.8, 4) is 5.75 Å². The van der Waals surface area contributed by atoms with Crippen LogP contribution in [0.3, 0.4) is 0 Å². The van der Waals surface area contributed by atoms with E-state index in [1.165, 1.54) is 0 Å². The summed E-state index contributed by atoms with van der Waals surface area (Å²) in [7, 11) is 0. The second kappa shape index (κ2) is 4.28. The van der Waals surface area contributed by atoms with Crippen molar-refractivity contribution in [2.75, 3.05) is 0 Å². The Morgan fingerprint density at radius 3 is 2.00 bits per heavy atom. The summed E-state index contributed by atoms with van der Waals surface area (Å²) >= 11 is 0. The van der Waals surface area contributed by atoms with Crippen molar-refractivity contribution in [2.24, 2.45) is 0 Å². The third kappa shape index (κ3) is 3.07. The Bertz CT molecular complexity index is 249. The van der Waals surface area contributed by atoms with Crippen LogP contribution in [0.5, 0.6) is 5.75 Å². The fourth-order valence-electron chi connectivity index (χ4n) is 1.10. The van der Waals surface area contributed by atoms with Crippen LogP contribution in [0.2, 0.25) is 0 Å². The molecule has 0 aromatic heterocycles. The van der Waals surface area contributed by atoms with Crippen molar-refractivity contribution in [3.05, 3.63) is 29.8 Å². The molecule has 0 aliphatic carbocycles. The molecule has 0 fully saturated rings. The van der Waals surface area contributed by atoms with E-state index in [9.17, 15) is 5.11 Å². The van der Waals surface area contributed by atoms with E-state index in [0.29, 0.717) is 0 Å². The Hall–Kier alpha value is -1.02. The number of aliphatic hydroxyl groups excluding tert-OH is 1. The SMILES string of the molecule is CC(C)Oc1ccc([C@@H](C)O)cc1. The molecule has 72 valence electrons. The summed E-state index contributed by atoms with van der Waals surface area (Å²) in [5.41, 5.74) is 0.913. The Labute approximate surface area is 79.2 Å². The van der Waals surface area contributed by atoms with E-state index < -0.39 is 6.10 Å². The number of hydrogen-bond acceptors (Lipinski definition) is 2. The molecule has 0 bridgehead atoms. The number of ether oxygens (including phenoxy) is 1. The third-order valence-electron chi connectivity index (χ3n) is 1.73. The van der Waals surface area contributed by atoms with E-state index in [1.807, 2.05) is 38.1 Å². The molecular formula is C11H16O2. The molecule has 0 spiro atoms. The van der Waals surface area contributed by atoms with Gasteiger partial charge < -0.3 is 9.84 Å². The van der Waals surface area contributed by atoms with E-state index in [0.717, 1.165) is 11.3 Å². The molecule has 2 nitrogen and oxygen atoms in total. The van der Waals surface area contributed by atoms with Crippen LogP contribution in [-0.4, -0.2) is 11.2 Å². The van der Waals surface area contributed by atoms with E-state index >= 15 is 0 Å². The van der Waals surface area contributed by atoms with E-state index in [2.05, 4.69) is 0 Å². The first kappa shape index (κ1) is 10.1. The van der Waals surface area contributed by atoms with Gasteiger partial charge in [0.05, 0.1) is 12.2 Å². The van der Waals surface area contributed by atoms with Gasteiger partial charge in [0.1, 0.15) is 5.75 Å². The van der Waals surface area contributed by atoms with Crippen molar-refractivity contribution in [3.63, 3.8) is 0 Å². The van der Waals surface area contributed by atoms with Crippen molar-refractivity contribution < 1.29 is 9.84 Å². The van der Waals surface area contributed by atoms with Crippen LogP contribution >= 0.6 is 0 Å². The first-order chi connectivity index (χ1) is 6.09. The monoisotopic (exact) mass is 180 g/mol. The van der Waals surface area contributed by atoms with Crippen LogP contribution in [0, 0.1) is 0 Å². The Morgan fingerprint density at radius 1 is 1.08 bits per heavy atom. The number of hydrogen-bond donors (Lipinski definition) is 1. The number of benzene rings is 1. The van der Waals surface area contributed by atoms with Crippen LogP contribution in [0.4, 0.5) is 0 Å². The second-order valence-electron chi connectivity index (χ2n) is 3.41. The standard InChI is InChI=1S/C11H16O2/c1-8(2)13-11-6-4-10(5-7-11)9(3)12/h4-9,12H,1-3H3/t9-/m1/s1. The fourth-order valence-corrected chi connectivity index (χ4v) is 1.10. The first-order valence-corrected chi connectivity index (χ1v) is 4.54. The molecule has 13 heavy (non-hydrogen) atoms. The fraction of sp³-hybridized carbons (Fsp3) is 0.455. The van der Waals surface area contributed by atoms with Gasteiger partial charge in [-0.25, -0.2) is 0 Å². The van der Waals surface area contributed by atoms with Crippen molar-refractivity contribution in [2.45, 2.75) is 33.0 Å². The molecule has 1 aromatic rings. The lowest BCUT2D eigenvalue weighted by atomic mass is 10.1. The molecule has 0 aliphatic heterocycles. The molecule has 1 rings (SSSR count). The quantitative estimate of drug-likeness (QED) is 0.774. The molecular weight excluding hydrogens is 164 g/mol. The molecule has 0 heterocycles. The van der Waals surface area contributed by atoms with Gasteiger partial charge in [-0.1, -0.05) is 12.1 Å². The predicted molar refractivity (Wildman–Crippen MR) is 52.8 cm³/mol. The largest absolute Gasteiger partial charge is 0.491 e. The van der Waals surface area contributed by atoms with Crippen LogP contribution in [0.1, 0.15) is 32.4 Å². The molecule has 0 amide bonds. The van der Waals surface area contributed by atoms with E-state index in [-0.39, 0.29) is 6.10 Å². The van der Waals surface area contributed by atoms with E-state index in [4.69, 9.17) is 4.74 Å². The molecule has 2 heteroatoms. The Balaban J connectivity index is 2.70. The minimum Gasteiger partial charge on any atom is -0.491 e. The third-order valence-corrected chi connectivity index (χ3v) is 1.73. The highest BCUT2D eigenvalue weighted by atomic mass is 16.5. The van der Waals surface area contributed by atoms with Crippen LogP contribution < -0.4 is 4.74 Å². The summed E-state index contributed by atoms with van der Waals surface area (Å²) in [4.78, 5) is 0. The van der Waals surface area contributed by atoms with Gasteiger partial charge in [-0.05, 0) is 38.5 Å². The molecule has 0 unspecified atom stereocenters. The van der Waals surface area contributed by atoms with Gasteiger partial charge in [0.2, 0.25) is 0 Å². The maximum Gasteiger partial charge on any atom is 0.119 e. The predicted octanol–water partition coefficient (Wildman–Crippen LogP) is 2.53. The lowest BCUT2D eigenvalue weighted by Gasteiger charge is -2.10. The molecule has 0 aliphatic rings. The zero-order valence-corrected chi connectivity index (χ0v) is 8.32. The highest BCUT2D eigenvalue weighted by molar-refractivity contribution is 5.28. The van der Waals surface area contributed by atoms with Gasteiger partial charge in [-0.15, -0.1) is 0 Å². The summed E-state index contributed by atoms with van der Waals surface area (Å²) < 4.78 is 5.47. The lowest BCUT2D eigenvalue weighted by molar-refractivity contribution is 0.199. The van der Waals surface area contributed by atoms with Crippen molar-refractivity contribution >= 4 is 0 Å². The average Bonchev–Trinajstić information content (AvgIpc) is 2.04. The zero-order chi connectivity index (χ0) is 9.84. The van der Waals surface area contributed by atoms with E-state index in [1.54, 1.807) is 6.92 Å². The molecule has 0 saturated carbocycles. The normalized spacial score (nSPS) is 13.0. The van der Waals surface area contributed by atoms with Gasteiger partial charge in [0, 0.05) is 0 Å². The molecule has 1 N–H and O–H groups in total. The van der Waals surface area contributed by atoms with Gasteiger partial charge in [0.25, 0.3) is 0 Å². The topological polar surface area (TPSA) is 29.5 Å². The van der Waals surface area contributed by atoms with Gasteiger partial charge in [-0.3, -0.25) is 0 Å². The summed E-state index contributed by atoms with van der Waals surface area (Å²) in [6.45, 7) is 5.73. The van der Waals surface area contributed by atoms with Crippen LogP contribution in [0.15, 0.2) is 24.3 Å². The molecule has 1 atom stereocenters. The summed E-state index contributed by atoms with van der Waals surface area (Å²) in [6, 6.07) is 7.51. The second-order valence-corrected chi connectivity index (χ2v) is 3.41. The molecule has 0 radical (unpaired) electrons. The van der Waals surface area contributed by atoms with Crippen molar-refractivity contribution in [1.29, 1.82) is 0 Å². The van der Waals surface area contributed by atoms with Crippen LogP contribution in [-0.2, 0) is 0 Å². The Morgan fingerprint density at radius 2 is 1.62 bits per heavy atom. The summed E-state index contributed by atoms with van der Waals surface area (Å²) in [5, 5.41) is 9.26. The van der Waals surface area contributed by atoms with Gasteiger partial charge in [-0.2, -0.15) is 0 Å². The highest BCUT2D eigenvalue weighted by Crippen LogP contribution is 2.17. The minimum atomic E-state index is -0.409. The smallest absolute Gasteiger partial charge is 0.119 e. The summed E-state index contributed by atoms with van der Waals surface area (Å²) in [5.74, 6) is 0.847. The highest BCUT2D eigenvalue weighted by Gasteiger charge is 2.01. The first-order valence-electron chi connectivity index (χ1n) is 4.54. The van der Waals surface area contributed by atoms with Crippen LogP contribution in [0.25, 0.3) is 0 Å². The minimum absolute atomic E-state index is 0.192. The summed E-state index contributed by atoms with van der Waals surface area (Å²) in [6.07, 6.45) is -0.217. The number of rotatable bonds is 3.